The van der Waals surface area contributed by atoms with Crippen LogP contribution in [0.4, 0.5) is 23.5 Å². The molecule has 4 saturated heterocycles. The maximum absolute atomic E-state index is 13.1. The van der Waals surface area contributed by atoms with Crippen LogP contribution in [0.2, 0.25) is 0 Å². The third kappa shape index (κ3) is 4.66. The number of hydrogen-bond acceptors (Lipinski definition) is 10. The van der Waals surface area contributed by atoms with Gasteiger partial charge >= 0.3 is 0 Å². The maximum atomic E-state index is 13.1. The second-order valence-electron chi connectivity index (χ2n) is 10.9. The molecule has 4 fully saturated rings. The minimum absolute atomic E-state index is 0.00194. The average molecular weight is 507 g/mol. The van der Waals surface area contributed by atoms with Crippen LogP contribution < -0.4 is 36.4 Å². The first-order chi connectivity index (χ1) is 18.0. The Morgan fingerprint density at radius 1 is 0.784 bits per heavy atom. The molecular weight excluding hydrogens is 468 g/mol. The van der Waals surface area contributed by atoms with Crippen molar-refractivity contribution in [2.24, 2.45) is 11.5 Å². The van der Waals surface area contributed by atoms with Gasteiger partial charge in [0, 0.05) is 57.0 Å². The van der Waals surface area contributed by atoms with Crippen molar-refractivity contribution < 1.29 is 4.79 Å². The predicted molar refractivity (Wildman–Crippen MR) is 145 cm³/mol. The Balaban J connectivity index is 1.27. The first-order valence-electron chi connectivity index (χ1n) is 13.6. The van der Waals surface area contributed by atoms with Crippen LogP contribution in [0.25, 0.3) is 0 Å². The quantitative estimate of drug-likeness (QED) is 0.543. The fourth-order valence-electron chi connectivity index (χ4n) is 6.31. The van der Waals surface area contributed by atoms with E-state index in [0.717, 1.165) is 44.0 Å². The molecule has 11 nitrogen and oxygen atoms in total. The molecule has 1 aromatic heterocycles. The molecule has 0 radical (unpaired) electrons. The summed E-state index contributed by atoms with van der Waals surface area (Å²) in [5.74, 6) is 2.17. The van der Waals surface area contributed by atoms with Crippen LogP contribution in [-0.4, -0.2) is 84.4 Å². The van der Waals surface area contributed by atoms with Gasteiger partial charge in [0.2, 0.25) is 23.8 Å². The topological polar surface area (TPSA) is 133 Å². The highest BCUT2D eigenvalue weighted by molar-refractivity contribution is 5.93. The number of carbonyl (C=O) groups is 1. The molecule has 37 heavy (non-hydrogen) atoms. The van der Waals surface area contributed by atoms with Crippen LogP contribution in [0.3, 0.4) is 0 Å². The molecule has 0 bridgehead atoms. The summed E-state index contributed by atoms with van der Waals surface area (Å²) in [5, 5.41) is 3.09. The van der Waals surface area contributed by atoms with E-state index in [1.165, 1.54) is 6.42 Å². The monoisotopic (exact) mass is 506 g/mol. The minimum Gasteiger partial charge on any atom is -0.341 e. The molecule has 0 unspecified atom stereocenters. The number of para-hydroxylation sites is 1. The van der Waals surface area contributed by atoms with Gasteiger partial charge in [-0.2, -0.15) is 15.0 Å². The van der Waals surface area contributed by atoms with Crippen molar-refractivity contribution in [1.29, 1.82) is 0 Å². The molecule has 2 atom stereocenters. The zero-order chi connectivity index (χ0) is 25.4. The van der Waals surface area contributed by atoms with Crippen molar-refractivity contribution in [1.82, 2.24) is 20.3 Å². The van der Waals surface area contributed by atoms with Gasteiger partial charge in [-0.05, 0) is 50.7 Å². The molecule has 1 amide bonds. The number of aromatic nitrogens is 3. The number of nitrogens with two attached hydrogens (primary N) is 2. The van der Waals surface area contributed by atoms with Gasteiger partial charge in [-0.25, -0.2) is 0 Å². The minimum atomic E-state index is -0.546. The van der Waals surface area contributed by atoms with E-state index in [0.29, 0.717) is 57.6 Å². The lowest BCUT2D eigenvalue weighted by Crippen LogP contribution is -2.57. The molecule has 11 heteroatoms. The highest BCUT2D eigenvalue weighted by atomic mass is 16.2. The number of nitrogens with one attached hydrogen (secondary N) is 1. The molecule has 1 spiro atoms. The molecular formula is C26H38N10O. The summed E-state index contributed by atoms with van der Waals surface area (Å²) >= 11 is 0. The summed E-state index contributed by atoms with van der Waals surface area (Å²) in [6.45, 7) is 5.21. The Bertz CT molecular complexity index is 1090. The Morgan fingerprint density at radius 2 is 1.35 bits per heavy atom. The van der Waals surface area contributed by atoms with Crippen LogP contribution in [-0.2, 0) is 4.79 Å². The van der Waals surface area contributed by atoms with E-state index in [9.17, 15) is 4.79 Å². The molecule has 198 valence electrons. The van der Waals surface area contributed by atoms with Crippen molar-refractivity contribution in [2.75, 3.05) is 65.5 Å². The van der Waals surface area contributed by atoms with Crippen molar-refractivity contribution in [3.63, 3.8) is 0 Å². The number of piperidine rings is 3. The van der Waals surface area contributed by atoms with E-state index < -0.39 is 5.54 Å². The van der Waals surface area contributed by atoms with E-state index in [1.807, 2.05) is 18.2 Å². The molecule has 0 saturated carbocycles. The van der Waals surface area contributed by atoms with E-state index in [2.05, 4.69) is 37.0 Å². The molecule has 0 aliphatic carbocycles. The third-order valence-corrected chi connectivity index (χ3v) is 8.32. The van der Waals surface area contributed by atoms with E-state index in [-0.39, 0.29) is 18.0 Å². The van der Waals surface area contributed by atoms with E-state index >= 15 is 0 Å². The van der Waals surface area contributed by atoms with Crippen molar-refractivity contribution in [3.8, 4) is 0 Å². The lowest BCUT2D eigenvalue weighted by molar-refractivity contribution is -0.124. The second-order valence-corrected chi connectivity index (χ2v) is 10.9. The number of hydrogen-bond donors (Lipinski definition) is 3. The van der Waals surface area contributed by atoms with Gasteiger partial charge in [0.15, 0.2) is 0 Å². The first kappa shape index (κ1) is 24.2. The molecule has 6 rings (SSSR count). The van der Waals surface area contributed by atoms with Gasteiger partial charge in [0.25, 0.3) is 0 Å². The van der Waals surface area contributed by atoms with Gasteiger partial charge < -0.3 is 36.4 Å². The number of benzene rings is 1. The van der Waals surface area contributed by atoms with Crippen LogP contribution in [0, 0.1) is 0 Å². The highest BCUT2D eigenvalue weighted by Gasteiger charge is 2.50. The summed E-state index contributed by atoms with van der Waals surface area (Å²) in [6, 6.07) is 10.2. The fourth-order valence-corrected chi connectivity index (χ4v) is 6.31. The van der Waals surface area contributed by atoms with Gasteiger partial charge in [-0.3, -0.25) is 4.79 Å². The van der Waals surface area contributed by atoms with Gasteiger partial charge in [-0.15, -0.1) is 0 Å². The van der Waals surface area contributed by atoms with Gasteiger partial charge in [0.05, 0.1) is 6.67 Å². The number of nitrogens with zero attached hydrogens (tertiary/aromatic N) is 7. The number of amides is 1. The highest BCUT2D eigenvalue weighted by Crippen LogP contribution is 2.37. The zero-order valence-corrected chi connectivity index (χ0v) is 21.4. The molecule has 5 heterocycles. The molecule has 2 aromatic rings. The normalized spacial score (nSPS) is 26.1. The summed E-state index contributed by atoms with van der Waals surface area (Å²) < 4.78 is 0. The Labute approximate surface area is 218 Å². The molecule has 4 aliphatic rings. The first-order valence-corrected chi connectivity index (χ1v) is 13.6. The summed E-state index contributed by atoms with van der Waals surface area (Å²) in [5.41, 5.74) is 13.1. The lowest BCUT2D eigenvalue weighted by atomic mass is 9.85. The predicted octanol–water partition coefficient (Wildman–Crippen LogP) is 0.660. The van der Waals surface area contributed by atoms with Crippen molar-refractivity contribution >= 4 is 29.4 Å². The van der Waals surface area contributed by atoms with Gasteiger partial charge in [0.1, 0.15) is 5.54 Å². The summed E-state index contributed by atoms with van der Waals surface area (Å²) in [4.78, 5) is 36.7. The summed E-state index contributed by atoms with van der Waals surface area (Å²) in [7, 11) is 0. The molecule has 1 aromatic carbocycles. The van der Waals surface area contributed by atoms with Gasteiger partial charge in [-0.1, -0.05) is 18.2 Å². The van der Waals surface area contributed by atoms with Crippen molar-refractivity contribution in [3.05, 3.63) is 30.3 Å². The maximum Gasteiger partial charge on any atom is 0.247 e. The Hall–Kier alpha value is -3.18. The van der Waals surface area contributed by atoms with E-state index in [4.69, 9.17) is 26.4 Å². The average Bonchev–Trinajstić information content (AvgIpc) is 3.24. The third-order valence-electron chi connectivity index (χ3n) is 8.32. The lowest BCUT2D eigenvalue weighted by Gasteiger charge is -2.43. The largest absolute Gasteiger partial charge is 0.341 e. The Morgan fingerprint density at radius 3 is 1.97 bits per heavy atom. The second kappa shape index (κ2) is 9.94. The zero-order valence-electron chi connectivity index (χ0n) is 21.4. The standard InChI is InChI=1S/C26H38N10O/c27-19-15-20(28)17-35(16-19)25-31-23(33-11-5-2-6-12-33)30-24(32-25)34-13-9-26(10-14-34)22(37)29-18-36(26)21-7-3-1-4-8-21/h1,3-4,7-8,19-20H,2,5-6,9-18,27-28H2,(H,29,37)/t19-,20+. The molecule has 4 aliphatic heterocycles. The van der Waals surface area contributed by atoms with Crippen LogP contribution >= 0.6 is 0 Å². The molecule has 5 N–H and O–H groups in total. The van der Waals surface area contributed by atoms with E-state index in [1.54, 1.807) is 0 Å². The van der Waals surface area contributed by atoms with Crippen LogP contribution in [0.1, 0.15) is 38.5 Å². The van der Waals surface area contributed by atoms with Crippen LogP contribution in [0.15, 0.2) is 30.3 Å². The smallest absolute Gasteiger partial charge is 0.247 e. The Kier molecular flexibility index (Phi) is 6.49. The summed E-state index contributed by atoms with van der Waals surface area (Å²) in [6.07, 6.45) is 5.74. The number of carbonyl (C=O) groups excluding carboxylic acids is 1. The number of rotatable bonds is 4. The SMILES string of the molecule is N[C@@H]1C[C@H](N)CN(c2nc(N3CCCCC3)nc(N3CCC4(CC3)C(=O)NCN4c3ccccc3)n2)C1. The van der Waals surface area contributed by atoms with Crippen LogP contribution in [0.5, 0.6) is 0 Å². The van der Waals surface area contributed by atoms with Crippen molar-refractivity contribution in [2.45, 2.75) is 56.1 Å². The number of anilines is 4. The fraction of sp³-hybridized carbons (Fsp3) is 0.615.